The zero-order valence-corrected chi connectivity index (χ0v) is 10.9. The second-order valence-corrected chi connectivity index (χ2v) is 5.27. The molecular weight excluding hydrogens is 279 g/mol. The van der Waals surface area contributed by atoms with Crippen molar-refractivity contribution in [1.82, 2.24) is 0 Å². The van der Waals surface area contributed by atoms with Gasteiger partial charge in [-0.15, -0.1) is 0 Å². The minimum Gasteiger partial charge on any atom is -0.391 e. The standard InChI is InChI=1S/C13H15ClF3NO/c14-9-5-8(13(15,16)17)6-10(7-9)18-11-3-1-2-4-12(11)19/h5-7,11-12,18-19H,1-4H2. The number of benzene rings is 1. The summed E-state index contributed by atoms with van der Waals surface area (Å²) in [5, 5.41) is 12.8. The van der Waals surface area contributed by atoms with Gasteiger partial charge in [0.25, 0.3) is 0 Å². The molecule has 106 valence electrons. The van der Waals surface area contributed by atoms with Crippen LogP contribution in [0.3, 0.4) is 0 Å². The van der Waals surface area contributed by atoms with E-state index in [-0.39, 0.29) is 11.1 Å². The molecule has 19 heavy (non-hydrogen) atoms. The maximum Gasteiger partial charge on any atom is 0.416 e. The highest BCUT2D eigenvalue weighted by Crippen LogP contribution is 2.34. The van der Waals surface area contributed by atoms with E-state index in [1.165, 1.54) is 6.07 Å². The Kier molecular flexibility index (Phi) is 4.26. The van der Waals surface area contributed by atoms with Gasteiger partial charge in [-0.25, -0.2) is 0 Å². The summed E-state index contributed by atoms with van der Waals surface area (Å²) in [4.78, 5) is 0. The van der Waals surface area contributed by atoms with Crippen LogP contribution in [0.2, 0.25) is 5.02 Å². The van der Waals surface area contributed by atoms with Gasteiger partial charge in [0.15, 0.2) is 0 Å². The highest BCUT2D eigenvalue weighted by atomic mass is 35.5. The molecule has 0 spiro atoms. The van der Waals surface area contributed by atoms with Crippen LogP contribution in [0.1, 0.15) is 31.2 Å². The normalized spacial score (nSPS) is 24.3. The highest BCUT2D eigenvalue weighted by molar-refractivity contribution is 6.30. The van der Waals surface area contributed by atoms with Crippen LogP contribution >= 0.6 is 11.6 Å². The van der Waals surface area contributed by atoms with E-state index in [4.69, 9.17) is 11.6 Å². The molecule has 2 N–H and O–H groups in total. The molecule has 1 aliphatic carbocycles. The Morgan fingerprint density at radius 3 is 2.47 bits per heavy atom. The van der Waals surface area contributed by atoms with Crippen LogP contribution < -0.4 is 5.32 Å². The zero-order valence-electron chi connectivity index (χ0n) is 10.2. The first-order chi connectivity index (χ1) is 8.86. The van der Waals surface area contributed by atoms with Gasteiger partial charge in [0.05, 0.1) is 17.7 Å². The number of alkyl halides is 3. The van der Waals surface area contributed by atoms with Crippen molar-refractivity contribution < 1.29 is 18.3 Å². The highest BCUT2D eigenvalue weighted by Gasteiger charge is 2.31. The second kappa shape index (κ2) is 5.59. The van der Waals surface area contributed by atoms with E-state index < -0.39 is 17.8 Å². The third-order valence-corrected chi connectivity index (χ3v) is 3.52. The van der Waals surface area contributed by atoms with Crippen LogP contribution in [0, 0.1) is 0 Å². The van der Waals surface area contributed by atoms with Crippen LogP contribution in [-0.4, -0.2) is 17.3 Å². The molecule has 1 fully saturated rings. The van der Waals surface area contributed by atoms with Gasteiger partial charge in [0, 0.05) is 10.7 Å². The minimum atomic E-state index is -4.42. The van der Waals surface area contributed by atoms with Crippen molar-refractivity contribution in [2.24, 2.45) is 0 Å². The van der Waals surface area contributed by atoms with Crippen molar-refractivity contribution in [1.29, 1.82) is 0 Å². The fourth-order valence-electron chi connectivity index (χ4n) is 2.33. The summed E-state index contributed by atoms with van der Waals surface area (Å²) in [5.74, 6) is 0. The van der Waals surface area contributed by atoms with Crippen molar-refractivity contribution in [3.05, 3.63) is 28.8 Å². The number of aliphatic hydroxyl groups excluding tert-OH is 1. The van der Waals surface area contributed by atoms with E-state index >= 15 is 0 Å². The van der Waals surface area contributed by atoms with Gasteiger partial charge < -0.3 is 10.4 Å². The monoisotopic (exact) mass is 293 g/mol. The molecule has 2 atom stereocenters. The summed E-state index contributed by atoms with van der Waals surface area (Å²) in [6.45, 7) is 0. The fourth-order valence-corrected chi connectivity index (χ4v) is 2.57. The Hall–Kier alpha value is -0.940. The van der Waals surface area contributed by atoms with Crippen LogP contribution in [0.5, 0.6) is 0 Å². The molecule has 1 saturated carbocycles. The molecule has 0 amide bonds. The Balaban J connectivity index is 2.18. The molecular formula is C13H15ClF3NO. The molecule has 1 aromatic rings. The predicted molar refractivity (Wildman–Crippen MR) is 68.3 cm³/mol. The third-order valence-electron chi connectivity index (χ3n) is 3.31. The number of aliphatic hydroxyl groups is 1. The van der Waals surface area contributed by atoms with Gasteiger partial charge in [0.2, 0.25) is 0 Å². The summed E-state index contributed by atoms with van der Waals surface area (Å²) in [7, 11) is 0. The number of rotatable bonds is 2. The third kappa shape index (κ3) is 3.76. The molecule has 0 bridgehead atoms. The molecule has 2 unspecified atom stereocenters. The Bertz CT molecular complexity index is 450. The van der Waals surface area contributed by atoms with Crippen LogP contribution in [0.15, 0.2) is 18.2 Å². The molecule has 2 rings (SSSR count). The average molecular weight is 294 g/mol. The molecule has 6 heteroatoms. The quantitative estimate of drug-likeness (QED) is 0.861. The van der Waals surface area contributed by atoms with E-state index in [0.29, 0.717) is 12.1 Å². The lowest BCUT2D eigenvalue weighted by atomic mass is 9.92. The molecule has 0 heterocycles. The maximum absolute atomic E-state index is 12.7. The van der Waals surface area contributed by atoms with Gasteiger partial charge in [-0.05, 0) is 31.0 Å². The molecule has 2 nitrogen and oxygen atoms in total. The van der Waals surface area contributed by atoms with E-state index in [9.17, 15) is 18.3 Å². The maximum atomic E-state index is 12.7. The summed E-state index contributed by atoms with van der Waals surface area (Å²) >= 11 is 5.71. The zero-order chi connectivity index (χ0) is 14.0. The lowest BCUT2D eigenvalue weighted by Crippen LogP contribution is -2.36. The topological polar surface area (TPSA) is 32.3 Å². The first-order valence-electron chi connectivity index (χ1n) is 6.18. The number of nitrogens with one attached hydrogen (secondary N) is 1. The minimum absolute atomic E-state index is 0.0302. The van der Waals surface area contributed by atoms with Gasteiger partial charge in [-0.3, -0.25) is 0 Å². The van der Waals surface area contributed by atoms with Crippen LogP contribution in [0.4, 0.5) is 18.9 Å². The number of hydrogen-bond donors (Lipinski definition) is 2. The van der Waals surface area contributed by atoms with Gasteiger partial charge in [0.1, 0.15) is 0 Å². The summed E-state index contributed by atoms with van der Waals surface area (Å²) < 4.78 is 38.0. The second-order valence-electron chi connectivity index (χ2n) is 4.83. The largest absolute Gasteiger partial charge is 0.416 e. The van der Waals surface area contributed by atoms with Gasteiger partial charge in [-0.2, -0.15) is 13.2 Å². The fraction of sp³-hybridized carbons (Fsp3) is 0.538. The molecule has 0 saturated heterocycles. The SMILES string of the molecule is OC1CCCCC1Nc1cc(Cl)cc(C(F)(F)F)c1. The van der Waals surface area contributed by atoms with Crippen molar-refractivity contribution in [3.63, 3.8) is 0 Å². The van der Waals surface area contributed by atoms with Crippen molar-refractivity contribution >= 4 is 17.3 Å². The lowest BCUT2D eigenvalue weighted by Gasteiger charge is -2.29. The molecule has 1 aliphatic rings. The van der Waals surface area contributed by atoms with E-state index in [0.717, 1.165) is 31.4 Å². The summed E-state index contributed by atoms with van der Waals surface area (Å²) in [5.41, 5.74) is -0.487. The lowest BCUT2D eigenvalue weighted by molar-refractivity contribution is -0.137. The Morgan fingerprint density at radius 2 is 1.84 bits per heavy atom. The number of hydrogen-bond acceptors (Lipinski definition) is 2. The van der Waals surface area contributed by atoms with E-state index in [2.05, 4.69) is 5.32 Å². The van der Waals surface area contributed by atoms with E-state index in [1.807, 2.05) is 0 Å². The molecule has 0 radical (unpaired) electrons. The van der Waals surface area contributed by atoms with Gasteiger partial charge in [-0.1, -0.05) is 24.4 Å². The van der Waals surface area contributed by atoms with Gasteiger partial charge >= 0.3 is 6.18 Å². The predicted octanol–water partition coefficient (Wildman–Crippen LogP) is 4.07. The summed E-state index contributed by atoms with van der Waals surface area (Å²) in [6, 6.07) is 3.14. The first-order valence-corrected chi connectivity index (χ1v) is 6.56. The van der Waals surface area contributed by atoms with Crippen molar-refractivity contribution in [2.45, 2.75) is 44.0 Å². The van der Waals surface area contributed by atoms with Crippen molar-refractivity contribution in [2.75, 3.05) is 5.32 Å². The average Bonchev–Trinajstić information content (AvgIpc) is 2.30. The molecule has 0 aromatic heterocycles. The van der Waals surface area contributed by atoms with E-state index in [1.54, 1.807) is 0 Å². The molecule has 0 aliphatic heterocycles. The Morgan fingerprint density at radius 1 is 1.16 bits per heavy atom. The smallest absolute Gasteiger partial charge is 0.391 e. The van der Waals surface area contributed by atoms with Crippen LogP contribution in [-0.2, 0) is 6.18 Å². The van der Waals surface area contributed by atoms with Crippen molar-refractivity contribution in [3.8, 4) is 0 Å². The number of anilines is 1. The first kappa shape index (κ1) is 14.5. The summed E-state index contributed by atoms with van der Waals surface area (Å²) in [6.07, 6.45) is -1.63. The molecule has 1 aromatic carbocycles. The van der Waals surface area contributed by atoms with Crippen LogP contribution in [0.25, 0.3) is 0 Å². The number of halogens is 4. The Labute approximate surface area is 114 Å².